The number of pyridine rings is 2. The maximum absolute atomic E-state index is 13.7. The Bertz CT molecular complexity index is 1810. The second-order valence-electron chi connectivity index (χ2n) is 9.51. The molecule has 1 aromatic carbocycles. The summed E-state index contributed by atoms with van der Waals surface area (Å²) in [4.78, 5) is 30.3. The molecule has 1 aliphatic carbocycles. The highest BCUT2D eigenvalue weighted by Crippen LogP contribution is 2.35. The highest BCUT2D eigenvalue weighted by Gasteiger charge is 2.23. The van der Waals surface area contributed by atoms with Crippen molar-refractivity contribution in [2.75, 3.05) is 5.32 Å². The second-order valence-corrected chi connectivity index (χ2v) is 10.5. The van der Waals surface area contributed by atoms with Gasteiger partial charge in [0.1, 0.15) is 11.2 Å². The van der Waals surface area contributed by atoms with Gasteiger partial charge in [-0.25, -0.2) is 9.97 Å². The van der Waals surface area contributed by atoms with E-state index in [1.54, 1.807) is 24.7 Å². The number of rotatable bonds is 5. The van der Waals surface area contributed by atoms with Gasteiger partial charge < -0.3 is 10.3 Å². The Hall–Kier alpha value is -4.44. The van der Waals surface area contributed by atoms with E-state index in [0.29, 0.717) is 28.4 Å². The van der Waals surface area contributed by atoms with Gasteiger partial charge in [0.25, 0.3) is 0 Å². The molecule has 0 aliphatic heterocycles. The first-order chi connectivity index (χ1) is 18.6. The molecule has 0 bridgehead atoms. The predicted octanol–water partition coefficient (Wildman–Crippen LogP) is 6.56. The van der Waals surface area contributed by atoms with Crippen molar-refractivity contribution in [2.24, 2.45) is 5.92 Å². The highest BCUT2D eigenvalue weighted by molar-refractivity contribution is 7.14. The van der Waals surface area contributed by atoms with Crippen LogP contribution in [0.25, 0.3) is 55.2 Å². The third-order valence-corrected chi connectivity index (χ3v) is 7.98. The number of amides is 1. The number of hydrogen-bond acceptors (Lipinski definition) is 6. The van der Waals surface area contributed by atoms with Crippen LogP contribution in [0.3, 0.4) is 0 Å². The van der Waals surface area contributed by atoms with Gasteiger partial charge in [0, 0.05) is 39.7 Å². The van der Waals surface area contributed by atoms with Gasteiger partial charge in [0.15, 0.2) is 16.6 Å². The van der Waals surface area contributed by atoms with Crippen LogP contribution in [0.2, 0.25) is 0 Å². The molecule has 5 heterocycles. The summed E-state index contributed by atoms with van der Waals surface area (Å²) in [5, 5.41) is 11.3. The average Bonchev–Trinajstić information content (AvgIpc) is 3.74. The summed E-state index contributed by atoms with van der Waals surface area (Å²) in [5.41, 5.74) is 6.10. The molecule has 0 unspecified atom stereocenters. The largest absolute Gasteiger partial charge is 0.324 e. The number of aromatic nitrogens is 6. The number of nitrogens with zero attached hydrogens (tertiary/aromatic N) is 4. The highest BCUT2D eigenvalue weighted by atomic mass is 32.1. The Balaban J connectivity index is 1.24. The SMILES string of the molecule is O=C(Nc1cncc(-c2ccc3[nH]nc(-c4nc5c(-c6ccc(F)s6)ccnc5[nH]4)c3c2)c1)C1CCCC1. The third kappa shape index (κ3) is 4.03. The quantitative estimate of drug-likeness (QED) is 0.237. The number of thiophene rings is 1. The van der Waals surface area contributed by atoms with E-state index in [9.17, 15) is 9.18 Å². The molecule has 0 spiro atoms. The van der Waals surface area contributed by atoms with E-state index >= 15 is 0 Å². The predicted molar refractivity (Wildman–Crippen MR) is 146 cm³/mol. The fourth-order valence-electron chi connectivity index (χ4n) is 5.15. The van der Waals surface area contributed by atoms with E-state index in [-0.39, 0.29) is 17.0 Å². The lowest BCUT2D eigenvalue weighted by Gasteiger charge is -2.11. The summed E-state index contributed by atoms with van der Waals surface area (Å²) in [7, 11) is 0. The van der Waals surface area contributed by atoms with Crippen molar-refractivity contribution >= 4 is 45.0 Å². The fourth-order valence-corrected chi connectivity index (χ4v) is 5.91. The minimum absolute atomic E-state index is 0.0668. The van der Waals surface area contributed by atoms with E-state index in [2.05, 4.69) is 30.5 Å². The van der Waals surface area contributed by atoms with Crippen LogP contribution >= 0.6 is 11.3 Å². The lowest BCUT2D eigenvalue weighted by molar-refractivity contribution is -0.119. The number of hydrogen-bond donors (Lipinski definition) is 3. The average molecular weight is 524 g/mol. The molecule has 188 valence electrons. The molecule has 0 radical (unpaired) electrons. The summed E-state index contributed by atoms with van der Waals surface area (Å²) in [5.74, 6) is 0.717. The van der Waals surface area contributed by atoms with Gasteiger partial charge in [-0.3, -0.25) is 14.9 Å². The molecule has 0 saturated heterocycles. The smallest absolute Gasteiger partial charge is 0.227 e. The second kappa shape index (κ2) is 9.14. The van der Waals surface area contributed by atoms with Crippen LogP contribution in [0, 0.1) is 11.0 Å². The van der Waals surface area contributed by atoms with Crippen LogP contribution in [0.4, 0.5) is 10.1 Å². The lowest BCUT2D eigenvalue weighted by atomic mass is 10.0. The van der Waals surface area contributed by atoms with Crippen LogP contribution < -0.4 is 5.32 Å². The number of carbonyl (C=O) groups excluding carboxylic acids is 1. The zero-order chi connectivity index (χ0) is 25.6. The van der Waals surface area contributed by atoms with E-state index in [1.165, 1.54) is 6.07 Å². The maximum Gasteiger partial charge on any atom is 0.227 e. The minimum Gasteiger partial charge on any atom is -0.324 e. The lowest BCUT2D eigenvalue weighted by Crippen LogP contribution is -2.20. The van der Waals surface area contributed by atoms with E-state index in [4.69, 9.17) is 4.98 Å². The van der Waals surface area contributed by atoms with Crippen molar-refractivity contribution in [3.05, 3.63) is 66.2 Å². The van der Waals surface area contributed by atoms with Crippen LogP contribution in [0.15, 0.2) is 61.1 Å². The third-order valence-electron chi connectivity index (χ3n) is 7.08. The molecule has 10 heteroatoms. The fraction of sp³-hybridized carbons (Fsp3) is 0.179. The van der Waals surface area contributed by atoms with Crippen LogP contribution in [0.1, 0.15) is 25.7 Å². The number of benzene rings is 1. The van der Waals surface area contributed by atoms with E-state index in [1.807, 2.05) is 30.3 Å². The number of halogens is 1. The van der Waals surface area contributed by atoms with Crippen LogP contribution in [-0.2, 0) is 4.79 Å². The molecule has 1 amide bonds. The summed E-state index contributed by atoms with van der Waals surface area (Å²) in [6.45, 7) is 0. The van der Waals surface area contributed by atoms with Crippen molar-refractivity contribution in [3.63, 3.8) is 0 Å². The van der Waals surface area contributed by atoms with Crippen LogP contribution in [-0.4, -0.2) is 36.0 Å². The Morgan fingerprint density at radius 2 is 1.95 bits per heavy atom. The molecule has 5 aromatic heterocycles. The number of H-pyrrole nitrogens is 2. The van der Waals surface area contributed by atoms with Crippen molar-refractivity contribution in [3.8, 4) is 33.1 Å². The minimum atomic E-state index is -0.247. The summed E-state index contributed by atoms with van der Waals surface area (Å²) in [6, 6.07) is 13.0. The van der Waals surface area contributed by atoms with Gasteiger partial charge in [-0.2, -0.15) is 9.49 Å². The number of nitrogens with one attached hydrogen (secondary N) is 3. The Labute approximate surface area is 220 Å². The summed E-state index contributed by atoms with van der Waals surface area (Å²) in [6.07, 6.45) is 9.25. The molecule has 7 rings (SSSR count). The number of carbonyl (C=O) groups is 1. The molecule has 3 N–H and O–H groups in total. The first-order valence-electron chi connectivity index (χ1n) is 12.5. The molecular formula is C28H22FN7OS. The standard InChI is InChI=1S/C28H22FN7OS/c29-23-8-7-22(38-23)19-9-10-31-26-24(19)33-27(34-26)25-20-12-16(5-6-21(20)35-36-25)17-11-18(14-30-13-17)32-28(37)15-3-1-2-4-15/h5-15H,1-4H2,(H,32,37)(H,35,36)(H,31,33,34). The number of aromatic amines is 2. The summed E-state index contributed by atoms with van der Waals surface area (Å²) >= 11 is 1.07. The first-order valence-corrected chi connectivity index (χ1v) is 13.3. The van der Waals surface area contributed by atoms with Gasteiger partial charge in [0.05, 0.1) is 17.4 Å². The Morgan fingerprint density at radius 1 is 1.05 bits per heavy atom. The number of fused-ring (bicyclic) bond motifs is 2. The zero-order valence-electron chi connectivity index (χ0n) is 20.2. The van der Waals surface area contributed by atoms with Crippen molar-refractivity contribution < 1.29 is 9.18 Å². The Morgan fingerprint density at radius 3 is 2.79 bits per heavy atom. The summed E-state index contributed by atoms with van der Waals surface area (Å²) < 4.78 is 13.7. The van der Waals surface area contributed by atoms with E-state index < -0.39 is 0 Å². The molecule has 1 saturated carbocycles. The molecule has 38 heavy (non-hydrogen) atoms. The Kier molecular flexibility index (Phi) is 5.47. The molecule has 0 atom stereocenters. The van der Waals surface area contributed by atoms with Gasteiger partial charge in [-0.1, -0.05) is 18.9 Å². The molecule has 1 aliphatic rings. The molecule has 8 nitrogen and oxygen atoms in total. The number of anilines is 1. The molecule has 1 fully saturated rings. The molecule has 6 aromatic rings. The van der Waals surface area contributed by atoms with Crippen molar-refractivity contribution in [1.29, 1.82) is 0 Å². The normalized spacial score (nSPS) is 14.0. The number of imidazole rings is 1. The van der Waals surface area contributed by atoms with Crippen molar-refractivity contribution in [2.45, 2.75) is 25.7 Å². The van der Waals surface area contributed by atoms with Gasteiger partial charge in [-0.15, -0.1) is 11.3 Å². The van der Waals surface area contributed by atoms with Gasteiger partial charge in [0.2, 0.25) is 5.91 Å². The van der Waals surface area contributed by atoms with Crippen molar-refractivity contribution in [1.82, 2.24) is 30.1 Å². The zero-order valence-corrected chi connectivity index (χ0v) is 21.0. The van der Waals surface area contributed by atoms with E-state index in [0.717, 1.165) is 69.5 Å². The van der Waals surface area contributed by atoms with Gasteiger partial charge in [-0.05, 0) is 54.8 Å². The van der Waals surface area contributed by atoms with Crippen LogP contribution in [0.5, 0.6) is 0 Å². The van der Waals surface area contributed by atoms with Gasteiger partial charge >= 0.3 is 0 Å². The maximum atomic E-state index is 13.7. The molecular weight excluding hydrogens is 501 g/mol. The first kappa shape index (κ1) is 22.7. The monoisotopic (exact) mass is 523 g/mol. The topological polar surface area (TPSA) is 112 Å².